The summed E-state index contributed by atoms with van der Waals surface area (Å²) in [6.45, 7) is 4.85. The summed E-state index contributed by atoms with van der Waals surface area (Å²) >= 11 is 0. The van der Waals surface area contributed by atoms with Crippen molar-refractivity contribution >= 4 is 5.91 Å². The number of benzene rings is 1. The first kappa shape index (κ1) is 18.4. The molecule has 3 rings (SSSR count). The van der Waals surface area contributed by atoms with Crippen molar-refractivity contribution in [3.8, 4) is 17.4 Å². The van der Waals surface area contributed by atoms with E-state index in [1.165, 1.54) is 0 Å². The molecule has 0 unspecified atom stereocenters. The highest BCUT2D eigenvalue weighted by Crippen LogP contribution is 2.16. The molecule has 0 saturated carbocycles. The van der Waals surface area contributed by atoms with Gasteiger partial charge >= 0.3 is 0 Å². The SMILES string of the molecule is CCN(Cc1ccccc1)C(=O)COc1cc(C)nc(-c2cnccn2)n1. The molecule has 3 aromatic rings. The number of amides is 1. The van der Waals surface area contributed by atoms with E-state index in [4.69, 9.17) is 4.74 Å². The van der Waals surface area contributed by atoms with Crippen molar-refractivity contribution in [2.45, 2.75) is 20.4 Å². The maximum atomic E-state index is 12.5. The van der Waals surface area contributed by atoms with E-state index in [1.54, 1.807) is 29.6 Å². The fourth-order valence-electron chi connectivity index (χ4n) is 2.55. The maximum Gasteiger partial charge on any atom is 0.260 e. The van der Waals surface area contributed by atoms with Gasteiger partial charge in [0.2, 0.25) is 5.88 Å². The van der Waals surface area contributed by atoms with Crippen LogP contribution < -0.4 is 4.74 Å². The minimum Gasteiger partial charge on any atom is -0.467 e. The number of nitrogens with zero attached hydrogens (tertiary/aromatic N) is 5. The molecule has 138 valence electrons. The topological polar surface area (TPSA) is 81.1 Å². The average Bonchev–Trinajstić information content (AvgIpc) is 2.71. The van der Waals surface area contributed by atoms with E-state index in [2.05, 4.69) is 19.9 Å². The summed E-state index contributed by atoms with van der Waals surface area (Å²) < 4.78 is 5.64. The molecule has 0 aliphatic heterocycles. The second kappa shape index (κ2) is 8.84. The van der Waals surface area contributed by atoms with Crippen molar-refractivity contribution in [3.05, 3.63) is 66.2 Å². The second-order valence-corrected chi connectivity index (χ2v) is 5.94. The van der Waals surface area contributed by atoms with Gasteiger partial charge < -0.3 is 9.64 Å². The zero-order valence-corrected chi connectivity index (χ0v) is 15.4. The molecule has 1 aromatic carbocycles. The minimum atomic E-state index is -0.0985. The summed E-state index contributed by atoms with van der Waals surface area (Å²) in [4.78, 5) is 31.2. The van der Waals surface area contributed by atoms with Crippen molar-refractivity contribution in [1.82, 2.24) is 24.8 Å². The maximum absolute atomic E-state index is 12.5. The lowest BCUT2D eigenvalue weighted by Gasteiger charge is -2.21. The van der Waals surface area contributed by atoms with Crippen molar-refractivity contribution < 1.29 is 9.53 Å². The third-order valence-corrected chi connectivity index (χ3v) is 3.92. The number of aromatic nitrogens is 4. The predicted octanol–water partition coefficient (Wildman–Crippen LogP) is 2.67. The van der Waals surface area contributed by atoms with Crippen LogP contribution in [0.5, 0.6) is 5.88 Å². The number of likely N-dealkylation sites (N-methyl/N-ethyl adjacent to an activating group) is 1. The second-order valence-electron chi connectivity index (χ2n) is 5.94. The summed E-state index contributed by atoms with van der Waals surface area (Å²) in [6, 6.07) is 11.6. The predicted molar refractivity (Wildman–Crippen MR) is 101 cm³/mol. The molecule has 27 heavy (non-hydrogen) atoms. The Morgan fingerprint density at radius 3 is 2.67 bits per heavy atom. The van der Waals surface area contributed by atoms with Crippen LogP contribution in [0.2, 0.25) is 0 Å². The Kier molecular flexibility index (Phi) is 6.04. The first-order valence-corrected chi connectivity index (χ1v) is 8.72. The molecule has 1 amide bonds. The molecule has 7 nitrogen and oxygen atoms in total. The van der Waals surface area contributed by atoms with E-state index < -0.39 is 0 Å². The van der Waals surface area contributed by atoms with Crippen molar-refractivity contribution in [2.75, 3.05) is 13.2 Å². The van der Waals surface area contributed by atoms with Gasteiger partial charge in [-0.05, 0) is 19.4 Å². The van der Waals surface area contributed by atoms with Crippen LogP contribution >= 0.6 is 0 Å². The molecule has 0 atom stereocenters. The molecule has 0 saturated heterocycles. The van der Waals surface area contributed by atoms with Gasteiger partial charge in [0.1, 0.15) is 5.69 Å². The minimum absolute atomic E-state index is 0.0863. The fourth-order valence-corrected chi connectivity index (χ4v) is 2.55. The molecule has 0 N–H and O–H groups in total. The van der Waals surface area contributed by atoms with E-state index in [-0.39, 0.29) is 12.5 Å². The van der Waals surface area contributed by atoms with Gasteiger partial charge in [0.25, 0.3) is 5.91 Å². The molecule has 0 spiro atoms. The monoisotopic (exact) mass is 363 g/mol. The number of hydrogen-bond donors (Lipinski definition) is 0. The molecule has 0 fully saturated rings. The standard InChI is InChI=1S/C20H21N5O2/c1-3-25(13-16-7-5-4-6-8-16)19(26)14-27-18-11-15(2)23-20(24-18)17-12-21-9-10-22-17/h4-12H,3,13-14H2,1-2H3. The zero-order valence-electron chi connectivity index (χ0n) is 15.4. The molecular weight excluding hydrogens is 342 g/mol. The van der Waals surface area contributed by atoms with Gasteiger partial charge in [-0.25, -0.2) is 9.97 Å². The number of rotatable bonds is 7. The van der Waals surface area contributed by atoms with E-state index in [0.717, 1.165) is 11.3 Å². The Bertz CT molecular complexity index is 887. The number of hydrogen-bond acceptors (Lipinski definition) is 6. The van der Waals surface area contributed by atoms with E-state index in [0.29, 0.717) is 30.5 Å². The van der Waals surface area contributed by atoms with E-state index in [1.807, 2.05) is 44.2 Å². The number of aryl methyl sites for hydroxylation is 1. The Hall–Kier alpha value is -3.35. The first-order chi connectivity index (χ1) is 13.2. The quantitative estimate of drug-likeness (QED) is 0.642. The number of carbonyl (C=O) groups is 1. The van der Waals surface area contributed by atoms with Crippen LogP contribution in [0.4, 0.5) is 0 Å². The normalized spacial score (nSPS) is 10.4. The average molecular weight is 363 g/mol. The van der Waals surface area contributed by atoms with Crippen LogP contribution in [0.3, 0.4) is 0 Å². The third-order valence-electron chi connectivity index (χ3n) is 3.92. The fraction of sp³-hybridized carbons (Fsp3) is 0.250. The summed E-state index contributed by atoms with van der Waals surface area (Å²) in [6.07, 6.45) is 4.75. The van der Waals surface area contributed by atoms with Crippen LogP contribution in [-0.2, 0) is 11.3 Å². The van der Waals surface area contributed by atoms with Crippen LogP contribution in [-0.4, -0.2) is 43.9 Å². The molecule has 0 aliphatic carbocycles. The molecule has 7 heteroatoms. The van der Waals surface area contributed by atoms with Gasteiger partial charge in [-0.1, -0.05) is 30.3 Å². The summed E-state index contributed by atoms with van der Waals surface area (Å²) in [5.74, 6) is 0.660. The summed E-state index contributed by atoms with van der Waals surface area (Å²) in [5, 5.41) is 0. The van der Waals surface area contributed by atoms with E-state index >= 15 is 0 Å². The smallest absolute Gasteiger partial charge is 0.260 e. The highest BCUT2D eigenvalue weighted by atomic mass is 16.5. The summed E-state index contributed by atoms with van der Waals surface area (Å²) in [5.41, 5.74) is 2.36. The lowest BCUT2D eigenvalue weighted by Crippen LogP contribution is -2.34. The van der Waals surface area contributed by atoms with Gasteiger partial charge in [0.15, 0.2) is 12.4 Å². The molecule has 2 heterocycles. The Labute approximate surface area is 158 Å². The van der Waals surface area contributed by atoms with Crippen LogP contribution in [0.15, 0.2) is 55.0 Å². The largest absolute Gasteiger partial charge is 0.467 e. The molecule has 0 bridgehead atoms. The van der Waals surface area contributed by atoms with Gasteiger partial charge in [0, 0.05) is 37.2 Å². The molecule has 2 aromatic heterocycles. The Morgan fingerprint density at radius 1 is 1.15 bits per heavy atom. The lowest BCUT2D eigenvalue weighted by atomic mass is 10.2. The number of carbonyl (C=O) groups excluding carboxylic acids is 1. The summed E-state index contributed by atoms with van der Waals surface area (Å²) in [7, 11) is 0. The van der Waals surface area contributed by atoms with Crippen LogP contribution in [0, 0.1) is 6.92 Å². The van der Waals surface area contributed by atoms with Crippen molar-refractivity contribution in [3.63, 3.8) is 0 Å². The van der Waals surface area contributed by atoms with Crippen molar-refractivity contribution in [2.24, 2.45) is 0 Å². The first-order valence-electron chi connectivity index (χ1n) is 8.72. The highest BCUT2D eigenvalue weighted by Gasteiger charge is 2.14. The van der Waals surface area contributed by atoms with E-state index in [9.17, 15) is 4.79 Å². The zero-order chi connectivity index (χ0) is 19.1. The highest BCUT2D eigenvalue weighted by molar-refractivity contribution is 5.77. The van der Waals surface area contributed by atoms with Crippen molar-refractivity contribution in [1.29, 1.82) is 0 Å². The van der Waals surface area contributed by atoms with Crippen LogP contribution in [0.1, 0.15) is 18.2 Å². The number of ether oxygens (including phenoxy) is 1. The van der Waals surface area contributed by atoms with Gasteiger partial charge in [-0.2, -0.15) is 4.98 Å². The lowest BCUT2D eigenvalue weighted by molar-refractivity contribution is -0.133. The Balaban J connectivity index is 1.66. The Morgan fingerprint density at radius 2 is 1.96 bits per heavy atom. The third kappa shape index (κ3) is 5.07. The molecular formula is C20H21N5O2. The molecule has 0 aliphatic rings. The van der Waals surface area contributed by atoms with Gasteiger partial charge in [-0.15, -0.1) is 0 Å². The van der Waals surface area contributed by atoms with Gasteiger partial charge in [-0.3, -0.25) is 9.78 Å². The van der Waals surface area contributed by atoms with Crippen LogP contribution in [0.25, 0.3) is 11.5 Å². The van der Waals surface area contributed by atoms with Gasteiger partial charge in [0.05, 0.1) is 6.20 Å². The molecule has 0 radical (unpaired) electrons.